The molecule has 1 aliphatic rings. The first-order chi connectivity index (χ1) is 8.75. The second kappa shape index (κ2) is 12.9. The Labute approximate surface area is 194 Å². The molecule has 3 rings (SSSR count). The van der Waals surface area contributed by atoms with Crippen molar-refractivity contribution in [3.05, 3.63) is 66.9 Å². The molecule has 0 saturated carbocycles. The van der Waals surface area contributed by atoms with Crippen LogP contribution in [0.1, 0.15) is 4.28 Å². The number of carbonyl (C=O) groups is 2. The molecular formula is C15H14NNa3O2. The number of para-hydroxylation sites is 1. The summed E-state index contributed by atoms with van der Waals surface area (Å²) >= 11 is 0. The van der Waals surface area contributed by atoms with Crippen molar-refractivity contribution in [2.45, 2.75) is 0 Å². The van der Waals surface area contributed by atoms with E-state index in [-0.39, 0.29) is 105 Å². The summed E-state index contributed by atoms with van der Waals surface area (Å²) in [5, 5.41) is 1.20. The fraction of sp³-hybridized carbons (Fsp3) is 0. The molecule has 3 nitrogen and oxygen atoms in total. The van der Waals surface area contributed by atoms with Gasteiger partial charge in [0.1, 0.15) is 0 Å². The van der Waals surface area contributed by atoms with E-state index < -0.39 is 0 Å². The van der Waals surface area contributed by atoms with Gasteiger partial charge >= 0.3 is 88.7 Å². The van der Waals surface area contributed by atoms with Crippen molar-refractivity contribution in [1.82, 2.24) is 4.98 Å². The van der Waals surface area contributed by atoms with Crippen LogP contribution in [0.2, 0.25) is 0 Å². The number of nitrogens with zero attached hydrogens (tertiary/aromatic N) is 1. The summed E-state index contributed by atoms with van der Waals surface area (Å²) in [4.78, 5) is 24.7. The Kier molecular flexibility index (Phi) is 14.6. The van der Waals surface area contributed by atoms with Crippen LogP contribution in [0.5, 0.6) is 0 Å². The number of aromatic nitrogens is 1. The van der Waals surface area contributed by atoms with Gasteiger partial charge in [0.2, 0.25) is 0 Å². The van der Waals surface area contributed by atoms with Crippen molar-refractivity contribution in [2.75, 3.05) is 0 Å². The molecule has 2 aromatic rings. The van der Waals surface area contributed by atoms with Crippen molar-refractivity contribution < 1.29 is 103 Å². The van der Waals surface area contributed by atoms with E-state index in [0.29, 0.717) is 0 Å². The molecule has 6 heteroatoms. The smallest absolute Gasteiger partial charge is 1.00 e. The summed E-state index contributed by atoms with van der Waals surface area (Å²) < 4.78 is 0. The van der Waals surface area contributed by atoms with E-state index >= 15 is 0 Å². The van der Waals surface area contributed by atoms with Crippen molar-refractivity contribution in [3.8, 4) is 0 Å². The summed E-state index contributed by atoms with van der Waals surface area (Å²) in [5.74, 6) is -0.241. The monoisotopic (exact) mass is 309 g/mol. The summed E-state index contributed by atoms with van der Waals surface area (Å²) in [7, 11) is 0. The van der Waals surface area contributed by atoms with Crippen LogP contribution in [0.25, 0.3) is 10.9 Å². The van der Waals surface area contributed by atoms with Gasteiger partial charge < -0.3 is 4.28 Å². The van der Waals surface area contributed by atoms with Crippen LogP contribution in [0.4, 0.5) is 0 Å². The molecule has 0 spiro atoms. The van der Waals surface area contributed by atoms with Crippen molar-refractivity contribution in [1.29, 1.82) is 0 Å². The first kappa shape index (κ1) is 23.7. The van der Waals surface area contributed by atoms with Crippen molar-refractivity contribution in [2.24, 2.45) is 0 Å². The second-order valence-corrected chi connectivity index (χ2v) is 3.67. The summed E-state index contributed by atoms with van der Waals surface area (Å²) in [6, 6.07) is 12.1. The molecule has 1 heterocycles. The third kappa shape index (κ3) is 8.60. The summed E-state index contributed by atoms with van der Waals surface area (Å²) in [5.41, 5.74) is 1.06. The predicted octanol–water partition coefficient (Wildman–Crippen LogP) is -6.17. The SMILES string of the molecule is O=C1C=CC(=O)C=C1.[H-].[H-].[H-].[Na+].[Na+].[Na+].c1ccc2ncccc2c1. The molecule has 0 bridgehead atoms. The van der Waals surface area contributed by atoms with Gasteiger partial charge in [-0.15, -0.1) is 0 Å². The average Bonchev–Trinajstić information content (AvgIpc) is 2.43. The maximum Gasteiger partial charge on any atom is 1.00 e. The Morgan fingerprint density at radius 2 is 1.19 bits per heavy atom. The van der Waals surface area contributed by atoms with Crippen molar-refractivity contribution in [3.63, 3.8) is 0 Å². The van der Waals surface area contributed by atoms with E-state index in [9.17, 15) is 9.59 Å². The Bertz CT molecular complexity index is 564. The molecule has 1 aromatic carbocycles. The maximum absolute atomic E-state index is 10.3. The molecule has 0 aliphatic heterocycles. The van der Waals surface area contributed by atoms with Crippen LogP contribution in [0, 0.1) is 0 Å². The predicted molar refractivity (Wildman–Crippen MR) is 73.4 cm³/mol. The number of carbonyl (C=O) groups excluding carboxylic acids is 2. The number of benzene rings is 1. The first-order valence-corrected chi connectivity index (χ1v) is 5.49. The van der Waals surface area contributed by atoms with Gasteiger partial charge in [-0.05, 0) is 36.4 Å². The Balaban J connectivity index is -0.0000000814. The number of rotatable bonds is 0. The minimum Gasteiger partial charge on any atom is -1.00 e. The zero-order valence-electron chi connectivity index (χ0n) is 15.6. The Morgan fingerprint density at radius 1 is 0.714 bits per heavy atom. The molecule has 94 valence electrons. The maximum atomic E-state index is 10.3. The minimum atomic E-state index is -0.121. The van der Waals surface area contributed by atoms with E-state index in [2.05, 4.69) is 17.1 Å². The van der Waals surface area contributed by atoms with Crippen LogP contribution >= 0.6 is 0 Å². The standard InChI is InChI=1S/C9H7N.C6H4O2.3Na.3H/c1-2-6-9-8(4-1)5-3-7-10-9;7-5-1-2-6(8)4-3-5;;;;;;/h1-7H;1-4H;;;;;;/q;;3*+1;3*-1. The Morgan fingerprint density at radius 3 is 1.71 bits per heavy atom. The third-order valence-electron chi connectivity index (χ3n) is 2.34. The first-order valence-electron chi connectivity index (χ1n) is 5.49. The number of hydrogen-bond donors (Lipinski definition) is 0. The largest absolute Gasteiger partial charge is 1.00 e. The molecule has 0 radical (unpaired) electrons. The molecule has 0 saturated heterocycles. The molecule has 0 N–H and O–H groups in total. The average molecular weight is 309 g/mol. The molecule has 1 aromatic heterocycles. The molecule has 1 aliphatic carbocycles. The number of allylic oxidation sites excluding steroid dienone is 4. The van der Waals surface area contributed by atoms with Gasteiger partial charge in [0.05, 0.1) is 5.52 Å². The summed E-state index contributed by atoms with van der Waals surface area (Å²) in [6.45, 7) is 0. The van der Waals surface area contributed by atoms with E-state index in [1.165, 1.54) is 29.7 Å². The second-order valence-electron chi connectivity index (χ2n) is 3.67. The van der Waals surface area contributed by atoms with Gasteiger partial charge in [-0.1, -0.05) is 24.3 Å². The third-order valence-corrected chi connectivity index (χ3v) is 2.34. The van der Waals surface area contributed by atoms with Crippen LogP contribution in [0.3, 0.4) is 0 Å². The van der Waals surface area contributed by atoms with E-state index in [4.69, 9.17) is 0 Å². The number of fused-ring (bicyclic) bond motifs is 1. The molecule has 0 unspecified atom stereocenters. The van der Waals surface area contributed by atoms with Crippen LogP contribution in [0.15, 0.2) is 66.9 Å². The van der Waals surface area contributed by atoms with Gasteiger partial charge in [-0.2, -0.15) is 0 Å². The molecule has 0 fully saturated rings. The van der Waals surface area contributed by atoms with Gasteiger partial charge in [0, 0.05) is 11.6 Å². The summed E-state index contributed by atoms with van der Waals surface area (Å²) in [6.07, 6.45) is 6.82. The zero-order valence-corrected chi connectivity index (χ0v) is 18.6. The Hall–Kier alpha value is 0.450. The fourth-order valence-electron chi connectivity index (χ4n) is 1.46. The van der Waals surface area contributed by atoms with Crippen LogP contribution < -0.4 is 88.7 Å². The minimum absolute atomic E-state index is 0. The number of hydrogen-bond acceptors (Lipinski definition) is 3. The van der Waals surface area contributed by atoms with Gasteiger partial charge in [0.25, 0.3) is 0 Å². The zero-order chi connectivity index (χ0) is 12.8. The number of ketones is 2. The van der Waals surface area contributed by atoms with Gasteiger partial charge in [-0.3, -0.25) is 14.6 Å². The molecular weight excluding hydrogens is 295 g/mol. The van der Waals surface area contributed by atoms with E-state index in [1.807, 2.05) is 30.5 Å². The van der Waals surface area contributed by atoms with E-state index in [0.717, 1.165) is 5.52 Å². The quantitative estimate of drug-likeness (QED) is 0.359. The molecule has 0 atom stereocenters. The molecule has 0 amide bonds. The topological polar surface area (TPSA) is 47.0 Å². The normalized spacial score (nSPS) is 11.4. The fourth-order valence-corrected chi connectivity index (χ4v) is 1.46. The van der Waals surface area contributed by atoms with Crippen LogP contribution in [-0.4, -0.2) is 16.6 Å². The van der Waals surface area contributed by atoms with Crippen molar-refractivity contribution >= 4 is 22.5 Å². The van der Waals surface area contributed by atoms with Gasteiger partial charge in [0.15, 0.2) is 11.6 Å². The molecule has 21 heavy (non-hydrogen) atoms. The van der Waals surface area contributed by atoms with E-state index in [1.54, 1.807) is 0 Å². The van der Waals surface area contributed by atoms with Crippen LogP contribution in [-0.2, 0) is 9.59 Å². The number of pyridine rings is 1. The van der Waals surface area contributed by atoms with Gasteiger partial charge in [-0.25, -0.2) is 0 Å².